The first kappa shape index (κ1) is 23.7. The number of amides is 3. The number of nitrogens with one attached hydrogen (secondary N) is 3. The highest BCUT2D eigenvalue weighted by atomic mass is 19.1. The maximum absolute atomic E-state index is 13.3. The van der Waals surface area contributed by atoms with E-state index in [1.165, 1.54) is 18.2 Å². The molecule has 8 heteroatoms. The molecule has 3 aromatic rings. The number of carbonyl (C=O) groups excluding carboxylic acids is 2. The predicted octanol–water partition coefficient (Wildman–Crippen LogP) is 4.51. The van der Waals surface area contributed by atoms with E-state index in [0.717, 1.165) is 11.3 Å². The van der Waals surface area contributed by atoms with Crippen LogP contribution in [0.25, 0.3) is 0 Å². The number of halogens is 1. The van der Waals surface area contributed by atoms with E-state index in [1.54, 1.807) is 37.4 Å². The van der Waals surface area contributed by atoms with E-state index in [-0.39, 0.29) is 6.04 Å². The number of hydrogen-bond acceptors (Lipinski definition) is 4. The maximum atomic E-state index is 13.3. The molecule has 33 heavy (non-hydrogen) atoms. The van der Waals surface area contributed by atoms with Crippen LogP contribution in [0, 0.1) is 5.82 Å². The summed E-state index contributed by atoms with van der Waals surface area (Å²) in [7, 11) is 5.48. The van der Waals surface area contributed by atoms with Gasteiger partial charge in [0.2, 0.25) is 0 Å². The lowest BCUT2D eigenvalue weighted by atomic mass is 10.1. The molecule has 7 nitrogen and oxygen atoms in total. The van der Waals surface area contributed by atoms with Crippen LogP contribution in [0.15, 0.2) is 72.8 Å². The number of anilines is 2. The topological polar surface area (TPSA) is 82.7 Å². The molecule has 3 amide bonds. The number of carbonyl (C=O) groups is 2. The van der Waals surface area contributed by atoms with Crippen LogP contribution < -0.4 is 20.7 Å². The number of ether oxygens (including phenoxy) is 1. The second-order valence-corrected chi connectivity index (χ2v) is 7.64. The van der Waals surface area contributed by atoms with Crippen molar-refractivity contribution in [2.45, 2.75) is 6.04 Å². The van der Waals surface area contributed by atoms with Crippen LogP contribution in [-0.4, -0.2) is 44.6 Å². The summed E-state index contributed by atoms with van der Waals surface area (Å²) < 4.78 is 18.6. The van der Waals surface area contributed by atoms with Crippen LogP contribution in [0.2, 0.25) is 0 Å². The van der Waals surface area contributed by atoms with E-state index in [0.29, 0.717) is 23.5 Å². The molecule has 0 aromatic heterocycles. The van der Waals surface area contributed by atoms with Crippen LogP contribution in [0.5, 0.6) is 5.75 Å². The Labute approximate surface area is 192 Å². The SMILES string of the molecule is COc1cccc(C(CNC(=O)Nc2cccc(C(=O)Nc3cccc(F)c3)c2)N(C)C)c1. The Balaban J connectivity index is 1.61. The highest BCUT2D eigenvalue weighted by Crippen LogP contribution is 2.22. The van der Waals surface area contributed by atoms with Gasteiger partial charge in [0.15, 0.2) is 0 Å². The fourth-order valence-electron chi connectivity index (χ4n) is 3.32. The van der Waals surface area contributed by atoms with Gasteiger partial charge in [0.1, 0.15) is 11.6 Å². The van der Waals surface area contributed by atoms with Crippen molar-refractivity contribution in [2.75, 3.05) is 38.4 Å². The third-order valence-corrected chi connectivity index (χ3v) is 5.02. The minimum Gasteiger partial charge on any atom is -0.497 e. The van der Waals surface area contributed by atoms with Gasteiger partial charge in [-0.25, -0.2) is 9.18 Å². The lowest BCUT2D eigenvalue weighted by molar-refractivity contribution is 0.102. The van der Waals surface area contributed by atoms with E-state index in [1.807, 2.05) is 43.3 Å². The highest BCUT2D eigenvalue weighted by Gasteiger charge is 2.16. The van der Waals surface area contributed by atoms with Gasteiger partial charge in [0.25, 0.3) is 5.91 Å². The third kappa shape index (κ3) is 6.78. The quantitative estimate of drug-likeness (QED) is 0.472. The summed E-state index contributed by atoms with van der Waals surface area (Å²) in [6.07, 6.45) is 0. The van der Waals surface area contributed by atoms with Gasteiger partial charge in [-0.05, 0) is 68.2 Å². The Morgan fingerprint density at radius 3 is 2.33 bits per heavy atom. The largest absolute Gasteiger partial charge is 0.497 e. The minimum atomic E-state index is -0.440. The Morgan fingerprint density at radius 1 is 0.939 bits per heavy atom. The van der Waals surface area contributed by atoms with E-state index in [2.05, 4.69) is 16.0 Å². The number of urea groups is 1. The molecule has 0 heterocycles. The van der Waals surface area contributed by atoms with Crippen molar-refractivity contribution in [1.29, 1.82) is 0 Å². The van der Waals surface area contributed by atoms with Crippen LogP contribution in [0.3, 0.4) is 0 Å². The van der Waals surface area contributed by atoms with Gasteiger partial charge in [-0.15, -0.1) is 0 Å². The van der Waals surface area contributed by atoms with Crippen LogP contribution >= 0.6 is 0 Å². The van der Waals surface area contributed by atoms with Crippen molar-refractivity contribution in [3.63, 3.8) is 0 Å². The van der Waals surface area contributed by atoms with Crippen LogP contribution in [0.1, 0.15) is 22.0 Å². The Hall–Kier alpha value is -3.91. The second-order valence-electron chi connectivity index (χ2n) is 7.64. The molecule has 0 radical (unpaired) electrons. The van der Waals surface area contributed by atoms with Crippen molar-refractivity contribution in [2.24, 2.45) is 0 Å². The molecule has 0 bridgehead atoms. The van der Waals surface area contributed by atoms with Crippen LogP contribution in [-0.2, 0) is 0 Å². The fraction of sp³-hybridized carbons (Fsp3) is 0.200. The third-order valence-electron chi connectivity index (χ3n) is 5.02. The molecule has 0 aliphatic rings. The average Bonchev–Trinajstić information content (AvgIpc) is 2.79. The number of likely N-dealkylation sites (N-methyl/N-ethyl adjacent to an activating group) is 1. The lowest BCUT2D eigenvalue weighted by Gasteiger charge is -2.25. The van der Waals surface area contributed by atoms with E-state index in [9.17, 15) is 14.0 Å². The zero-order valence-corrected chi connectivity index (χ0v) is 18.8. The van der Waals surface area contributed by atoms with Crippen molar-refractivity contribution in [1.82, 2.24) is 10.2 Å². The summed E-state index contributed by atoms with van der Waals surface area (Å²) in [4.78, 5) is 27.0. The van der Waals surface area contributed by atoms with Gasteiger partial charge in [-0.1, -0.05) is 24.3 Å². The summed E-state index contributed by atoms with van der Waals surface area (Å²) in [5.74, 6) is -0.0997. The minimum absolute atomic E-state index is 0.0609. The predicted molar refractivity (Wildman–Crippen MR) is 127 cm³/mol. The first-order chi connectivity index (χ1) is 15.9. The number of methoxy groups -OCH3 is 1. The average molecular weight is 451 g/mol. The van der Waals surface area contributed by atoms with Crippen LogP contribution in [0.4, 0.5) is 20.6 Å². The molecule has 1 atom stereocenters. The molecule has 0 aliphatic heterocycles. The van der Waals surface area contributed by atoms with Crippen molar-refractivity contribution >= 4 is 23.3 Å². The van der Waals surface area contributed by atoms with Gasteiger partial charge >= 0.3 is 6.03 Å². The normalized spacial score (nSPS) is 11.5. The van der Waals surface area contributed by atoms with Gasteiger partial charge in [-0.3, -0.25) is 4.79 Å². The second kappa shape index (κ2) is 11.1. The summed E-state index contributed by atoms with van der Waals surface area (Å²) in [6, 6.07) is 19.4. The molecular formula is C25H27FN4O3. The van der Waals surface area contributed by atoms with Gasteiger partial charge in [-0.2, -0.15) is 0 Å². The van der Waals surface area contributed by atoms with E-state index >= 15 is 0 Å². The standard InChI is InChI=1S/C25H27FN4O3/c1-30(2)23(17-7-5-12-22(14-17)33-3)16-27-25(32)29-20-10-4-8-18(13-20)24(31)28-21-11-6-9-19(26)15-21/h4-15,23H,16H2,1-3H3,(H,28,31)(H2,27,29,32). The first-order valence-corrected chi connectivity index (χ1v) is 10.4. The molecule has 0 aliphatic carbocycles. The maximum Gasteiger partial charge on any atom is 0.319 e. The number of benzene rings is 3. The first-order valence-electron chi connectivity index (χ1n) is 10.4. The molecule has 0 spiro atoms. The Morgan fingerprint density at radius 2 is 1.64 bits per heavy atom. The fourth-order valence-corrected chi connectivity index (χ4v) is 3.32. The molecule has 1 unspecified atom stereocenters. The lowest BCUT2D eigenvalue weighted by Crippen LogP contribution is -2.36. The number of hydrogen-bond donors (Lipinski definition) is 3. The molecule has 3 aromatic carbocycles. The number of rotatable bonds is 8. The smallest absolute Gasteiger partial charge is 0.319 e. The Bertz CT molecular complexity index is 1120. The van der Waals surface area contributed by atoms with Crippen molar-refractivity contribution in [3.05, 3.63) is 89.7 Å². The summed E-state index contributed by atoms with van der Waals surface area (Å²) >= 11 is 0. The van der Waals surface area contributed by atoms with Crippen molar-refractivity contribution in [3.8, 4) is 5.75 Å². The molecule has 172 valence electrons. The zero-order chi connectivity index (χ0) is 23.8. The molecule has 3 rings (SSSR count). The molecule has 0 saturated carbocycles. The molecule has 3 N–H and O–H groups in total. The zero-order valence-electron chi connectivity index (χ0n) is 18.8. The monoisotopic (exact) mass is 450 g/mol. The van der Waals surface area contributed by atoms with Gasteiger partial charge in [0.05, 0.1) is 13.2 Å². The van der Waals surface area contributed by atoms with E-state index in [4.69, 9.17) is 4.74 Å². The molecule has 0 fully saturated rings. The number of nitrogens with zero attached hydrogens (tertiary/aromatic N) is 1. The van der Waals surface area contributed by atoms with E-state index < -0.39 is 17.8 Å². The summed E-state index contributed by atoms with van der Waals surface area (Å²) in [5, 5.41) is 8.25. The molecule has 0 saturated heterocycles. The highest BCUT2D eigenvalue weighted by molar-refractivity contribution is 6.05. The summed E-state index contributed by atoms with van der Waals surface area (Å²) in [5.41, 5.74) is 2.15. The van der Waals surface area contributed by atoms with Gasteiger partial charge in [0, 0.05) is 23.5 Å². The van der Waals surface area contributed by atoms with Crippen molar-refractivity contribution < 1.29 is 18.7 Å². The Kier molecular flexibility index (Phi) is 7.99. The van der Waals surface area contributed by atoms with Gasteiger partial charge < -0.3 is 25.6 Å². The molecular weight excluding hydrogens is 423 g/mol. The summed E-state index contributed by atoms with van der Waals surface area (Å²) in [6.45, 7) is 0.367.